The van der Waals surface area contributed by atoms with Crippen molar-refractivity contribution in [3.63, 3.8) is 0 Å². The number of pyridine rings is 1. The summed E-state index contributed by atoms with van der Waals surface area (Å²) in [5.41, 5.74) is 8.95. The number of nitrogens with two attached hydrogens (primary N) is 1. The number of aliphatic carboxylic acids is 1. The number of aromatic nitrogens is 1. The molecule has 2 aromatic heterocycles. The van der Waals surface area contributed by atoms with Gasteiger partial charge >= 0.3 is 5.97 Å². The first kappa shape index (κ1) is 19.3. The Morgan fingerprint density at radius 1 is 1.41 bits per heavy atom. The molecule has 6 nitrogen and oxygen atoms in total. The Morgan fingerprint density at radius 2 is 2.15 bits per heavy atom. The van der Waals surface area contributed by atoms with E-state index in [4.69, 9.17) is 10.8 Å². The number of carboxylic acid groups (broad SMARTS) is 1. The number of piperidine rings is 1. The lowest BCUT2D eigenvalue weighted by atomic mass is 9.98. The SMILES string of the molecule is CC(CC(=O)O)c1cc(-c2cc(CN3CCCCC3)cs2)c(C#N)c(N)n1. The third-order valence-corrected chi connectivity index (χ3v) is 5.95. The maximum atomic E-state index is 11.0. The summed E-state index contributed by atoms with van der Waals surface area (Å²) < 4.78 is 0. The van der Waals surface area contributed by atoms with Crippen LogP contribution in [0.2, 0.25) is 0 Å². The number of likely N-dealkylation sites (tertiary alicyclic amines) is 1. The minimum absolute atomic E-state index is 0.0254. The molecule has 1 aliphatic rings. The van der Waals surface area contributed by atoms with Gasteiger partial charge < -0.3 is 10.8 Å². The van der Waals surface area contributed by atoms with Crippen LogP contribution in [0.25, 0.3) is 10.4 Å². The molecule has 1 unspecified atom stereocenters. The molecule has 1 fully saturated rings. The highest BCUT2D eigenvalue weighted by molar-refractivity contribution is 7.13. The monoisotopic (exact) mass is 384 g/mol. The molecule has 0 aromatic carbocycles. The van der Waals surface area contributed by atoms with E-state index in [1.807, 2.05) is 13.0 Å². The highest BCUT2D eigenvalue weighted by atomic mass is 32.1. The van der Waals surface area contributed by atoms with Crippen molar-refractivity contribution in [3.8, 4) is 16.5 Å². The zero-order chi connectivity index (χ0) is 19.4. The minimum atomic E-state index is -0.881. The van der Waals surface area contributed by atoms with Crippen LogP contribution in [-0.4, -0.2) is 34.0 Å². The molecule has 27 heavy (non-hydrogen) atoms. The smallest absolute Gasteiger partial charge is 0.304 e. The van der Waals surface area contributed by atoms with E-state index >= 15 is 0 Å². The van der Waals surface area contributed by atoms with Crippen LogP contribution in [0.3, 0.4) is 0 Å². The van der Waals surface area contributed by atoms with E-state index in [9.17, 15) is 10.1 Å². The van der Waals surface area contributed by atoms with Crippen LogP contribution in [0.4, 0.5) is 5.82 Å². The number of carboxylic acids is 1. The van der Waals surface area contributed by atoms with E-state index in [1.54, 1.807) is 11.3 Å². The van der Waals surface area contributed by atoms with Gasteiger partial charge in [0.15, 0.2) is 0 Å². The Bertz CT molecular complexity index is 865. The summed E-state index contributed by atoms with van der Waals surface area (Å²) in [6.45, 7) is 4.99. The molecule has 0 spiro atoms. The lowest BCUT2D eigenvalue weighted by Crippen LogP contribution is -2.28. The summed E-state index contributed by atoms with van der Waals surface area (Å²) >= 11 is 1.59. The number of rotatable bonds is 6. The maximum absolute atomic E-state index is 11.0. The second-order valence-corrected chi connectivity index (χ2v) is 8.03. The van der Waals surface area contributed by atoms with Crippen molar-refractivity contribution in [3.05, 3.63) is 34.3 Å². The number of thiophene rings is 1. The Hall–Kier alpha value is -2.43. The molecule has 1 aliphatic heterocycles. The van der Waals surface area contributed by atoms with Gasteiger partial charge in [0.1, 0.15) is 17.5 Å². The van der Waals surface area contributed by atoms with E-state index in [0.29, 0.717) is 11.3 Å². The average Bonchev–Trinajstić information content (AvgIpc) is 3.09. The van der Waals surface area contributed by atoms with Crippen molar-refractivity contribution >= 4 is 23.1 Å². The van der Waals surface area contributed by atoms with Gasteiger partial charge in [0.2, 0.25) is 0 Å². The molecule has 3 rings (SSSR count). The molecule has 3 heterocycles. The van der Waals surface area contributed by atoms with Gasteiger partial charge in [-0.1, -0.05) is 13.3 Å². The predicted molar refractivity (Wildman–Crippen MR) is 106 cm³/mol. The quantitative estimate of drug-likeness (QED) is 0.784. The number of hydrogen-bond donors (Lipinski definition) is 2. The van der Waals surface area contributed by atoms with Gasteiger partial charge in [0.25, 0.3) is 0 Å². The van der Waals surface area contributed by atoms with Crippen LogP contribution >= 0.6 is 11.3 Å². The lowest BCUT2D eigenvalue weighted by molar-refractivity contribution is -0.137. The lowest BCUT2D eigenvalue weighted by Gasteiger charge is -2.25. The Morgan fingerprint density at radius 3 is 2.81 bits per heavy atom. The predicted octanol–water partition coefficient (Wildman–Crippen LogP) is 3.83. The van der Waals surface area contributed by atoms with Crippen molar-refractivity contribution < 1.29 is 9.90 Å². The molecule has 1 saturated heterocycles. The summed E-state index contributed by atoms with van der Waals surface area (Å²) in [6.07, 6.45) is 3.79. The van der Waals surface area contributed by atoms with Gasteiger partial charge in [-0.3, -0.25) is 9.69 Å². The number of nitrogen functional groups attached to an aromatic ring is 1. The number of carbonyl (C=O) groups is 1. The van der Waals surface area contributed by atoms with Crippen LogP contribution in [0.1, 0.15) is 55.3 Å². The standard InChI is InChI=1S/C20H24N4O2S/c1-13(7-19(25)26)17-9-15(16(10-21)20(22)23-17)18-8-14(12-27-18)11-24-5-3-2-4-6-24/h8-9,12-13H,2-7,11H2,1H3,(H2,22,23)(H,25,26). The molecular formula is C20H24N4O2S. The van der Waals surface area contributed by atoms with E-state index in [2.05, 4.69) is 27.4 Å². The fourth-order valence-electron chi connectivity index (χ4n) is 3.49. The van der Waals surface area contributed by atoms with Gasteiger partial charge in [-0.05, 0) is 49.0 Å². The minimum Gasteiger partial charge on any atom is -0.481 e. The summed E-state index contributed by atoms with van der Waals surface area (Å²) in [6, 6.07) is 6.08. The largest absolute Gasteiger partial charge is 0.481 e. The normalized spacial score (nSPS) is 16.0. The Labute approximate surface area is 163 Å². The first-order chi connectivity index (χ1) is 13.0. The molecule has 142 valence electrons. The van der Waals surface area contributed by atoms with Crippen molar-refractivity contribution in [1.82, 2.24) is 9.88 Å². The van der Waals surface area contributed by atoms with Crippen molar-refractivity contribution in [2.75, 3.05) is 18.8 Å². The Balaban J connectivity index is 1.89. The van der Waals surface area contributed by atoms with E-state index < -0.39 is 5.97 Å². The summed E-state index contributed by atoms with van der Waals surface area (Å²) in [5, 5.41) is 20.7. The highest BCUT2D eigenvalue weighted by Crippen LogP contribution is 2.35. The van der Waals surface area contributed by atoms with Crippen LogP contribution in [0, 0.1) is 11.3 Å². The highest BCUT2D eigenvalue weighted by Gasteiger charge is 2.19. The van der Waals surface area contributed by atoms with Crippen molar-refractivity contribution in [2.24, 2.45) is 0 Å². The molecule has 0 amide bonds. The second kappa shape index (κ2) is 8.51. The van der Waals surface area contributed by atoms with Crippen molar-refractivity contribution in [1.29, 1.82) is 5.26 Å². The zero-order valence-corrected chi connectivity index (χ0v) is 16.3. The fraction of sp³-hybridized carbons (Fsp3) is 0.450. The van der Waals surface area contributed by atoms with Gasteiger partial charge in [-0.15, -0.1) is 11.3 Å². The molecule has 0 saturated carbocycles. The van der Waals surface area contributed by atoms with E-state index in [-0.39, 0.29) is 18.2 Å². The van der Waals surface area contributed by atoms with Gasteiger partial charge in [0.05, 0.1) is 6.42 Å². The van der Waals surface area contributed by atoms with Crippen LogP contribution in [0.15, 0.2) is 17.5 Å². The van der Waals surface area contributed by atoms with Crippen LogP contribution < -0.4 is 5.73 Å². The molecule has 0 bridgehead atoms. The average molecular weight is 385 g/mol. The fourth-order valence-corrected chi connectivity index (χ4v) is 4.42. The van der Waals surface area contributed by atoms with Gasteiger partial charge in [-0.2, -0.15) is 5.26 Å². The third-order valence-electron chi connectivity index (χ3n) is 4.94. The van der Waals surface area contributed by atoms with E-state index in [1.165, 1.54) is 24.8 Å². The first-order valence-corrected chi connectivity index (χ1v) is 10.1. The van der Waals surface area contributed by atoms with Crippen molar-refractivity contribution in [2.45, 2.75) is 45.1 Å². The van der Waals surface area contributed by atoms with Gasteiger partial charge in [0, 0.05) is 28.6 Å². The molecule has 7 heteroatoms. The summed E-state index contributed by atoms with van der Waals surface area (Å²) in [5.74, 6) is -0.994. The number of nitrogens with zero attached hydrogens (tertiary/aromatic N) is 3. The number of nitriles is 1. The second-order valence-electron chi connectivity index (χ2n) is 7.12. The topological polar surface area (TPSA) is 103 Å². The summed E-state index contributed by atoms with van der Waals surface area (Å²) in [7, 11) is 0. The molecule has 2 aromatic rings. The molecule has 0 aliphatic carbocycles. The van der Waals surface area contributed by atoms with E-state index in [0.717, 1.165) is 30.1 Å². The number of hydrogen-bond acceptors (Lipinski definition) is 6. The molecule has 3 N–H and O–H groups in total. The van der Waals surface area contributed by atoms with Crippen LogP contribution in [-0.2, 0) is 11.3 Å². The maximum Gasteiger partial charge on any atom is 0.304 e. The molecule has 1 atom stereocenters. The molecule has 0 radical (unpaired) electrons. The molecular weight excluding hydrogens is 360 g/mol. The first-order valence-electron chi connectivity index (χ1n) is 9.20. The Kier molecular flexibility index (Phi) is 6.09. The zero-order valence-electron chi connectivity index (χ0n) is 15.4. The number of anilines is 1. The summed E-state index contributed by atoms with van der Waals surface area (Å²) in [4.78, 5) is 18.7. The third kappa shape index (κ3) is 4.65. The van der Waals surface area contributed by atoms with Gasteiger partial charge in [-0.25, -0.2) is 4.98 Å². The van der Waals surface area contributed by atoms with Crippen LogP contribution in [0.5, 0.6) is 0 Å².